The molecule has 19 heavy (non-hydrogen) atoms. The SMILES string of the molecule is O=C1NC(c2ccco2)=N/C1=C/c1cccc(Br)c1. The van der Waals surface area contributed by atoms with E-state index in [1.165, 1.54) is 0 Å². The number of nitrogens with zero attached hydrogens (tertiary/aromatic N) is 1. The van der Waals surface area contributed by atoms with Gasteiger partial charge in [0.15, 0.2) is 11.6 Å². The van der Waals surface area contributed by atoms with Crippen LogP contribution in [0, 0.1) is 0 Å². The first kappa shape index (κ1) is 11.9. The topological polar surface area (TPSA) is 54.6 Å². The number of nitrogens with one attached hydrogen (secondary N) is 1. The van der Waals surface area contributed by atoms with E-state index in [9.17, 15) is 4.79 Å². The smallest absolute Gasteiger partial charge is 0.275 e. The highest BCUT2D eigenvalue weighted by molar-refractivity contribution is 9.10. The Morgan fingerprint density at radius 2 is 2.16 bits per heavy atom. The fourth-order valence-corrected chi connectivity index (χ4v) is 2.17. The van der Waals surface area contributed by atoms with Crippen molar-refractivity contribution < 1.29 is 9.21 Å². The Bertz CT molecular complexity index is 687. The summed E-state index contributed by atoms with van der Waals surface area (Å²) in [7, 11) is 0. The Hall–Kier alpha value is -2.14. The minimum absolute atomic E-state index is 0.230. The van der Waals surface area contributed by atoms with Crippen LogP contribution in [0.1, 0.15) is 11.3 Å². The van der Waals surface area contributed by atoms with E-state index in [1.807, 2.05) is 24.3 Å². The second-order valence-electron chi connectivity index (χ2n) is 3.98. The van der Waals surface area contributed by atoms with Crippen molar-refractivity contribution in [2.45, 2.75) is 0 Å². The van der Waals surface area contributed by atoms with Crippen molar-refractivity contribution in [3.63, 3.8) is 0 Å². The van der Waals surface area contributed by atoms with Crippen LogP contribution in [0.4, 0.5) is 0 Å². The lowest BCUT2D eigenvalue weighted by Gasteiger charge is -1.95. The molecule has 0 atom stereocenters. The van der Waals surface area contributed by atoms with E-state index in [0.717, 1.165) is 10.0 Å². The second-order valence-corrected chi connectivity index (χ2v) is 4.89. The summed E-state index contributed by atoms with van der Waals surface area (Å²) in [6.07, 6.45) is 3.27. The highest BCUT2D eigenvalue weighted by Gasteiger charge is 2.22. The molecule has 0 fully saturated rings. The van der Waals surface area contributed by atoms with Gasteiger partial charge in [0.1, 0.15) is 5.70 Å². The molecule has 3 rings (SSSR count). The molecule has 2 heterocycles. The molecule has 0 unspecified atom stereocenters. The Morgan fingerprint density at radius 1 is 1.26 bits per heavy atom. The molecule has 0 aliphatic carbocycles. The highest BCUT2D eigenvalue weighted by atomic mass is 79.9. The van der Waals surface area contributed by atoms with Crippen molar-refractivity contribution in [2.24, 2.45) is 4.99 Å². The van der Waals surface area contributed by atoms with Gasteiger partial charge in [-0.3, -0.25) is 4.79 Å². The molecule has 1 aliphatic heterocycles. The Balaban J connectivity index is 1.95. The molecule has 0 bridgehead atoms. The Morgan fingerprint density at radius 3 is 2.89 bits per heavy atom. The van der Waals surface area contributed by atoms with Gasteiger partial charge in [0.25, 0.3) is 5.91 Å². The molecule has 2 aromatic rings. The quantitative estimate of drug-likeness (QED) is 0.866. The van der Waals surface area contributed by atoms with E-state index in [-0.39, 0.29) is 5.91 Å². The number of rotatable bonds is 2. The first-order chi connectivity index (χ1) is 9.22. The molecule has 0 spiro atoms. The van der Waals surface area contributed by atoms with Crippen LogP contribution in [0.2, 0.25) is 0 Å². The van der Waals surface area contributed by atoms with Crippen LogP contribution in [-0.4, -0.2) is 11.7 Å². The maximum atomic E-state index is 11.8. The third-order valence-electron chi connectivity index (χ3n) is 2.60. The van der Waals surface area contributed by atoms with Crippen molar-refractivity contribution >= 4 is 33.7 Å². The average Bonchev–Trinajstić information content (AvgIpc) is 3.00. The number of carbonyl (C=O) groups is 1. The van der Waals surface area contributed by atoms with Crippen LogP contribution in [0.25, 0.3) is 6.08 Å². The molecule has 1 N–H and O–H groups in total. The lowest BCUT2D eigenvalue weighted by atomic mass is 10.2. The third kappa shape index (κ3) is 2.51. The number of amides is 1. The summed E-state index contributed by atoms with van der Waals surface area (Å²) >= 11 is 3.39. The monoisotopic (exact) mass is 316 g/mol. The molecule has 1 aromatic heterocycles. The van der Waals surface area contributed by atoms with Gasteiger partial charge in [-0.05, 0) is 35.9 Å². The Kier molecular flexibility index (Phi) is 3.05. The predicted molar refractivity (Wildman–Crippen MR) is 75.5 cm³/mol. The molecule has 94 valence electrons. The third-order valence-corrected chi connectivity index (χ3v) is 3.10. The fraction of sp³-hybridized carbons (Fsp3) is 0. The number of furan rings is 1. The van der Waals surface area contributed by atoms with Crippen molar-refractivity contribution in [1.82, 2.24) is 5.32 Å². The molecular weight excluding hydrogens is 308 g/mol. The largest absolute Gasteiger partial charge is 0.461 e. The fourth-order valence-electron chi connectivity index (χ4n) is 1.75. The van der Waals surface area contributed by atoms with Gasteiger partial charge in [0.05, 0.1) is 6.26 Å². The summed E-state index contributed by atoms with van der Waals surface area (Å²) in [4.78, 5) is 16.1. The summed E-state index contributed by atoms with van der Waals surface area (Å²) < 4.78 is 6.16. The van der Waals surface area contributed by atoms with Gasteiger partial charge in [-0.25, -0.2) is 4.99 Å². The number of hydrogen-bond donors (Lipinski definition) is 1. The van der Waals surface area contributed by atoms with E-state index in [4.69, 9.17) is 4.42 Å². The molecule has 0 saturated heterocycles. The van der Waals surface area contributed by atoms with E-state index >= 15 is 0 Å². The zero-order valence-corrected chi connectivity index (χ0v) is 11.3. The van der Waals surface area contributed by atoms with Gasteiger partial charge in [-0.2, -0.15) is 0 Å². The van der Waals surface area contributed by atoms with Crippen LogP contribution >= 0.6 is 15.9 Å². The lowest BCUT2D eigenvalue weighted by molar-refractivity contribution is -0.115. The number of benzene rings is 1. The molecule has 4 nitrogen and oxygen atoms in total. The van der Waals surface area contributed by atoms with Gasteiger partial charge >= 0.3 is 0 Å². The zero-order valence-electron chi connectivity index (χ0n) is 9.76. The summed E-state index contributed by atoms with van der Waals surface area (Å²) in [5, 5.41) is 2.68. The minimum atomic E-state index is -0.230. The Labute approximate surface area is 118 Å². The van der Waals surface area contributed by atoms with Crippen molar-refractivity contribution in [2.75, 3.05) is 0 Å². The van der Waals surface area contributed by atoms with E-state index in [2.05, 4.69) is 26.2 Å². The van der Waals surface area contributed by atoms with Crippen LogP contribution in [-0.2, 0) is 4.79 Å². The number of carbonyl (C=O) groups excluding carboxylic acids is 1. The van der Waals surface area contributed by atoms with E-state index in [1.54, 1.807) is 24.5 Å². The summed E-state index contributed by atoms with van der Waals surface area (Å²) in [6.45, 7) is 0. The second kappa shape index (κ2) is 4.85. The molecule has 0 radical (unpaired) electrons. The van der Waals surface area contributed by atoms with Crippen LogP contribution in [0.3, 0.4) is 0 Å². The van der Waals surface area contributed by atoms with E-state index in [0.29, 0.717) is 17.3 Å². The molecule has 1 aliphatic rings. The average molecular weight is 317 g/mol. The zero-order chi connectivity index (χ0) is 13.2. The van der Waals surface area contributed by atoms with Crippen LogP contribution in [0.15, 0.2) is 62.2 Å². The summed E-state index contributed by atoms with van der Waals surface area (Å²) in [5.41, 5.74) is 1.27. The van der Waals surface area contributed by atoms with Crippen LogP contribution < -0.4 is 5.32 Å². The summed E-state index contributed by atoms with van der Waals surface area (Å²) in [5.74, 6) is 0.758. The first-order valence-corrected chi connectivity index (χ1v) is 6.43. The minimum Gasteiger partial charge on any atom is -0.461 e. The van der Waals surface area contributed by atoms with Gasteiger partial charge in [0.2, 0.25) is 0 Å². The number of amidine groups is 1. The normalized spacial score (nSPS) is 16.6. The predicted octanol–water partition coefficient (Wildman–Crippen LogP) is 2.96. The van der Waals surface area contributed by atoms with Gasteiger partial charge in [-0.15, -0.1) is 0 Å². The van der Waals surface area contributed by atoms with Gasteiger partial charge in [-0.1, -0.05) is 28.1 Å². The van der Waals surface area contributed by atoms with Gasteiger partial charge < -0.3 is 9.73 Å². The first-order valence-electron chi connectivity index (χ1n) is 5.63. The maximum absolute atomic E-state index is 11.8. The highest BCUT2D eigenvalue weighted by Crippen LogP contribution is 2.18. The van der Waals surface area contributed by atoms with Crippen LogP contribution in [0.5, 0.6) is 0 Å². The standard InChI is InChI=1S/C14H9BrN2O2/c15-10-4-1-3-9(7-10)8-11-14(18)17-13(16-11)12-5-2-6-19-12/h1-8H,(H,16,17,18)/b11-8+. The molecular formula is C14H9BrN2O2. The molecule has 1 aromatic carbocycles. The van der Waals surface area contributed by atoms with E-state index < -0.39 is 0 Å². The van der Waals surface area contributed by atoms with Gasteiger partial charge in [0, 0.05) is 4.47 Å². The van der Waals surface area contributed by atoms with Crippen molar-refractivity contribution in [3.05, 3.63) is 64.2 Å². The maximum Gasteiger partial charge on any atom is 0.275 e. The number of hydrogen-bond acceptors (Lipinski definition) is 3. The molecule has 0 saturated carbocycles. The molecule has 1 amide bonds. The number of aliphatic imine (C=N–C) groups is 1. The number of halogens is 1. The van der Waals surface area contributed by atoms with Crippen molar-refractivity contribution in [1.29, 1.82) is 0 Å². The lowest BCUT2D eigenvalue weighted by Crippen LogP contribution is -2.24. The van der Waals surface area contributed by atoms with Crippen molar-refractivity contribution in [3.8, 4) is 0 Å². The summed E-state index contributed by atoms with van der Waals surface area (Å²) in [6, 6.07) is 11.2. The molecule has 5 heteroatoms.